The highest BCUT2D eigenvalue weighted by atomic mass is 16.6. The zero-order chi connectivity index (χ0) is 35.4. The van der Waals surface area contributed by atoms with Crippen molar-refractivity contribution in [3.63, 3.8) is 0 Å². The molecule has 1 aliphatic rings. The molecule has 2 aromatic rings. The summed E-state index contributed by atoms with van der Waals surface area (Å²) in [6.45, 7) is 3.87. The smallest absolute Gasteiger partial charge is 0.335 e. The number of aryl methyl sites for hydroxylation is 2. The Balaban J connectivity index is 1.47. The van der Waals surface area contributed by atoms with Crippen LogP contribution < -0.4 is 4.74 Å². The number of benzene rings is 1. The number of aliphatic hydroxyl groups excluding tert-OH is 1. The number of allylic oxidation sites excluding steroid dienone is 2. The third-order valence-corrected chi connectivity index (χ3v) is 9.00. The number of esters is 3. The third kappa shape index (κ3) is 14.2. The SMILES string of the molecule is C#CCOC(C)C(=O)OCc1c(COC(=O)C(C)O)cnc(C)c1OC(=O)CCC/C=C\C[C@H]1CCC[C@@H]1CCCCCc1ccccc1. The summed E-state index contributed by atoms with van der Waals surface area (Å²) in [6.07, 6.45) is 21.8. The summed E-state index contributed by atoms with van der Waals surface area (Å²) in [5, 5.41) is 9.51. The Labute approximate surface area is 291 Å². The van der Waals surface area contributed by atoms with E-state index in [2.05, 4.69) is 53.4 Å². The van der Waals surface area contributed by atoms with Crippen molar-refractivity contribution in [1.29, 1.82) is 0 Å². The quantitative estimate of drug-likeness (QED) is 0.0637. The van der Waals surface area contributed by atoms with Crippen LogP contribution in [-0.4, -0.2) is 46.8 Å². The number of rotatable bonds is 21. The first kappa shape index (κ1) is 39.4. The summed E-state index contributed by atoms with van der Waals surface area (Å²) in [7, 11) is 0. The van der Waals surface area contributed by atoms with Gasteiger partial charge in [0.15, 0.2) is 11.9 Å². The molecule has 1 saturated carbocycles. The van der Waals surface area contributed by atoms with Crippen molar-refractivity contribution in [2.45, 2.75) is 123 Å². The van der Waals surface area contributed by atoms with Crippen molar-refractivity contribution in [1.82, 2.24) is 4.98 Å². The topological polar surface area (TPSA) is 121 Å². The lowest BCUT2D eigenvalue weighted by atomic mass is 9.88. The van der Waals surface area contributed by atoms with Crippen LogP contribution in [0, 0.1) is 31.1 Å². The van der Waals surface area contributed by atoms with E-state index in [0.717, 1.165) is 31.1 Å². The summed E-state index contributed by atoms with van der Waals surface area (Å²) < 4.78 is 21.6. The van der Waals surface area contributed by atoms with E-state index in [-0.39, 0.29) is 32.0 Å². The normalized spacial score (nSPS) is 17.0. The molecule has 1 aromatic carbocycles. The van der Waals surface area contributed by atoms with Crippen LogP contribution in [0.15, 0.2) is 48.7 Å². The minimum Gasteiger partial charge on any atom is -0.459 e. The molecule has 0 saturated heterocycles. The van der Waals surface area contributed by atoms with Gasteiger partial charge in [-0.25, -0.2) is 9.59 Å². The van der Waals surface area contributed by atoms with Gasteiger partial charge >= 0.3 is 17.9 Å². The molecule has 1 fully saturated rings. The highest BCUT2D eigenvalue weighted by molar-refractivity contribution is 5.75. The molecular weight excluding hydrogens is 622 g/mol. The van der Waals surface area contributed by atoms with Crippen LogP contribution in [0.5, 0.6) is 5.75 Å². The Morgan fingerprint density at radius 3 is 2.51 bits per heavy atom. The van der Waals surface area contributed by atoms with Gasteiger partial charge in [-0.2, -0.15) is 0 Å². The van der Waals surface area contributed by atoms with Crippen LogP contribution in [0.25, 0.3) is 0 Å². The molecule has 1 aliphatic carbocycles. The van der Waals surface area contributed by atoms with Crippen LogP contribution in [0.3, 0.4) is 0 Å². The van der Waals surface area contributed by atoms with Gasteiger partial charge in [0.1, 0.15) is 25.9 Å². The molecule has 4 atom stereocenters. The van der Waals surface area contributed by atoms with Gasteiger partial charge in [-0.3, -0.25) is 9.78 Å². The zero-order valence-electron chi connectivity index (χ0n) is 29.4. The number of unbranched alkanes of at least 4 members (excludes halogenated alkanes) is 3. The monoisotopic (exact) mass is 675 g/mol. The van der Waals surface area contributed by atoms with E-state index >= 15 is 0 Å². The fourth-order valence-electron chi connectivity index (χ4n) is 6.14. The maximum absolute atomic E-state index is 12.9. The van der Waals surface area contributed by atoms with E-state index in [1.807, 2.05) is 0 Å². The molecule has 1 aromatic heterocycles. The number of aliphatic hydroxyl groups is 1. The Bertz CT molecular complexity index is 1400. The van der Waals surface area contributed by atoms with Crippen molar-refractivity contribution in [2.24, 2.45) is 11.8 Å². The number of aromatic nitrogens is 1. The van der Waals surface area contributed by atoms with Crippen molar-refractivity contribution < 1.29 is 38.4 Å². The summed E-state index contributed by atoms with van der Waals surface area (Å²) >= 11 is 0. The number of pyridine rings is 1. The Hall–Kier alpha value is -4.00. The minimum atomic E-state index is -1.32. The summed E-state index contributed by atoms with van der Waals surface area (Å²) in [6, 6.07) is 10.7. The summed E-state index contributed by atoms with van der Waals surface area (Å²) in [5.41, 5.74) is 2.53. The average Bonchev–Trinajstić information content (AvgIpc) is 3.55. The standard InChI is InChI=1S/C40H53NO8/c1-5-25-46-31(4)40(45)48-28-36-35(27-47-39(44)30(3)42)26-41-29(2)38(36)49-37(43)24-15-7-6-13-20-33-22-16-23-34(33)21-14-9-12-19-32-17-10-8-11-18-32/h1,6,8,10-11,13,17-18,26,30-31,33-34,42H,7,9,12,14-16,19-25,27-28H2,2-4H3/b13-6-/t30?,31?,33-,34-/m0/s1. The zero-order valence-corrected chi connectivity index (χ0v) is 29.4. The van der Waals surface area contributed by atoms with Gasteiger partial charge < -0.3 is 24.1 Å². The number of carbonyl (C=O) groups is 3. The molecule has 49 heavy (non-hydrogen) atoms. The molecular formula is C40H53NO8. The number of hydrogen-bond acceptors (Lipinski definition) is 9. The third-order valence-electron chi connectivity index (χ3n) is 9.00. The Kier molecular flexibility index (Phi) is 17.6. The van der Waals surface area contributed by atoms with Gasteiger partial charge in [0, 0.05) is 23.7 Å². The molecule has 0 amide bonds. The van der Waals surface area contributed by atoms with Gasteiger partial charge in [0.2, 0.25) is 0 Å². The second-order valence-electron chi connectivity index (χ2n) is 12.8. The molecule has 2 unspecified atom stereocenters. The van der Waals surface area contributed by atoms with Gasteiger partial charge in [-0.05, 0) is 76.7 Å². The highest BCUT2D eigenvalue weighted by Gasteiger charge is 2.26. The molecule has 9 heteroatoms. The molecule has 3 rings (SSSR count). The van der Waals surface area contributed by atoms with E-state index < -0.39 is 30.1 Å². The van der Waals surface area contributed by atoms with Crippen molar-refractivity contribution in [2.75, 3.05) is 6.61 Å². The van der Waals surface area contributed by atoms with Gasteiger partial charge in [0.25, 0.3) is 0 Å². The number of carbonyl (C=O) groups excluding carboxylic acids is 3. The van der Waals surface area contributed by atoms with Crippen molar-refractivity contribution in [3.8, 4) is 18.1 Å². The number of terminal acetylenes is 1. The lowest BCUT2D eigenvalue weighted by molar-refractivity contribution is -0.157. The van der Waals surface area contributed by atoms with Crippen LogP contribution in [0.4, 0.5) is 0 Å². The maximum atomic E-state index is 12.9. The average molecular weight is 676 g/mol. The van der Waals surface area contributed by atoms with Crippen LogP contribution in [0.1, 0.15) is 107 Å². The van der Waals surface area contributed by atoms with Gasteiger partial charge in [-0.1, -0.05) is 80.5 Å². The summed E-state index contributed by atoms with van der Waals surface area (Å²) in [4.78, 5) is 41.6. The number of ether oxygens (including phenoxy) is 4. The lowest BCUT2D eigenvalue weighted by Gasteiger charge is -2.18. The fraction of sp³-hybridized carbons (Fsp3) is 0.550. The molecule has 0 aliphatic heterocycles. The molecule has 0 spiro atoms. The van der Waals surface area contributed by atoms with Crippen LogP contribution in [-0.2, 0) is 48.2 Å². The Morgan fingerprint density at radius 1 is 1.00 bits per heavy atom. The van der Waals surface area contributed by atoms with Crippen molar-refractivity contribution in [3.05, 3.63) is 71.1 Å². The second-order valence-corrected chi connectivity index (χ2v) is 12.8. The number of hydrogen-bond donors (Lipinski definition) is 1. The largest absolute Gasteiger partial charge is 0.459 e. The van der Waals surface area contributed by atoms with E-state index in [9.17, 15) is 19.5 Å². The lowest BCUT2D eigenvalue weighted by Crippen LogP contribution is -2.24. The van der Waals surface area contributed by atoms with Gasteiger partial charge in [0.05, 0.1) is 5.69 Å². The molecule has 0 radical (unpaired) electrons. The second kappa shape index (κ2) is 21.9. The van der Waals surface area contributed by atoms with Crippen LogP contribution >= 0.6 is 0 Å². The number of nitrogens with zero attached hydrogens (tertiary/aromatic N) is 1. The first-order chi connectivity index (χ1) is 23.7. The van der Waals surface area contributed by atoms with E-state index in [1.165, 1.54) is 70.6 Å². The molecule has 9 nitrogen and oxygen atoms in total. The van der Waals surface area contributed by atoms with E-state index in [0.29, 0.717) is 23.2 Å². The van der Waals surface area contributed by atoms with E-state index in [4.69, 9.17) is 25.4 Å². The predicted octanol–water partition coefficient (Wildman–Crippen LogP) is 7.14. The molecule has 0 bridgehead atoms. The molecule has 1 N–H and O–H groups in total. The first-order valence-corrected chi connectivity index (χ1v) is 17.6. The minimum absolute atomic E-state index is 0.0553. The van der Waals surface area contributed by atoms with Gasteiger partial charge in [-0.15, -0.1) is 6.42 Å². The molecule has 266 valence electrons. The van der Waals surface area contributed by atoms with Crippen molar-refractivity contribution >= 4 is 17.9 Å². The van der Waals surface area contributed by atoms with E-state index in [1.54, 1.807) is 6.92 Å². The van der Waals surface area contributed by atoms with Crippen LogP contribution in [0.2, 0.25) is 0 Å². The molecule has 1 heterocycles. The Morgan fingerprint density at radius 2 is 1.76 bits per heavy atom. The summed E-state index contributed by atoms with van der Waals surface area (Å²) in [5.74, 6) is 2.06. The first-order valence-electron chi connectivity index (χ1n) is 17.6. The highest BCUT2D eigenvalue weighted by Crippen LogP contribution is 2.38. The fourth-order valence-corrected chi connectivity index (χ4v) is 6.14. The maximum Gasteiger partial charge on any atom is 0.335 e. The predicted molar refractivity (Wildman–Crippen MR) is 187 cm³/mol.